The quantitative estimate of drug-likeness (QED) is 0.0222. The smallest absolute Gasteiger partial charge is 0.462 e. The highest BCUT2D eigenvalue weighted by Gasteiger charge is 2.30. The normalized spacial score (nSPS) is 15.0. The summed E-state index contributed by atoms with van der Waals surface area (Å²) in [7, 11) is -9.88. The van der Waals surface area contributed by atoms with E-state index in [0.717, 1.165) is 120 Å². The predicted molar refractivity (Wildman–Crippen MR) is 335 cm³/mol. The minimum atomic E-state index is -4.95. The lowest BCUT2D eigenvalue weighted by Gasteiger charge is -2.21. The van der Waals surface area contributed by atoms with Gasteiger partial charge in [0.2, 0.25) is 0 Å². The van der Waals surface area contributed by atoms with Crippen LogP contribution in [0.25, 0.3) is 0 Å². The van der Waals surface area contributed by atoms with E-state index >= 15 is 0 Å². The number of phosphoric acid groups is 2. The van der Waals surface area contributed by atoms with Crippen molar-refractivity contribution in [3.63, 3.8) is 0 Å². The summed E-state index contributed by atoms with van der Waals surface area (Å²) in [6.07, 6.45) is 38.1. The fraction of sp³-hybridized carbons (Fsp3) is 0.938. The second-order valence-corrected chi connectivity index (χ2v) is 27.4. The number of carbonyl (C=O) groups is 4. The lowest BCUT2D eigenvalue weighted by atomic mass is 10.00. The molecule has 84 heavy (non-hydrogen) atoms. The molecule has 0 aliphatic heterocycles. The average molecular weight is 1240 g/mol. The molecule has 0 aromatic carbocycles. The van der Waals surface area contributed by atoms with Gasteiger partial charge in [-0.2, -0.15) is 0 Å². The van der Waals surface area contributed by atoms with Crippen molar-refractivity contribution in [1.29, 1.82) is 0 Å². The van der Waals surface area contributed by atoms with Crippen LogP contribution in [0.2, 0.25) is 0 Å². The fourth-order valence-electron chi connectivity index (χ4n) is 9.59. The summed E-state index contributed by atoms with van der Waals surface area (Å²) in [4.78, 5) is 72.0. The van der Waals surface area contributed by atoms with Gasteiger partial charge in [-0.25, -0.2) is 9.13 Å². The monoisotopic (exact) mass is 1240 g/mol. The van der Waals surface area contributed by atoms with Gasteiger partial charge in [0.1, 0.15) is 19.3 Å². The molecule has 0 aliphatic carbocycles. The second kappa shape index (κ2) is 56.3. The van der Waals surface area contributed by atoms with Gasteiger partial charge in [-0.1, -0.05) is 267 Å². The third-order valence-electron chi connectivity index (χ3n) is 15.6. The van der Waals surface area contributed by atoms with Crippen molar-refractivity contribution in [2.45, 2.75) is 336 Å². The molecule has 4 unspecified atom stereocenters. The number of aliphatic hydroxyl groups is 1. The Bertz CT molecular complexity index is 1670. The third-order valence-corrected chi connectivity index (χ3v) is 17.5. The van der Waals surface area contributed by atoms with Crippen molar-refractivity contribution >= 4 is 39.5 Å². The Morgan fingerprint density at radius 2 is 0.607 bits per heavy atom. The lowest BCUT2D eigenvalue weighted by Crippen LogP contribution is -2.30. The number of hydrogen-bond donors (Lipinski definition) is 3. The van der Waals surface area contributed by atoms with E-state index in [9.17, 15) is 43.2 Å². The molecule has 0 saturated carbocycles. The molecule has 0 saturated heterocycles. The van der Waals surface area contributed by atoms with Crippen LogP contribution in [-0.2, 0) is 65.4 Å². The average Bonchev–Trinajstić information content (AvgIpc) is 3.50. The van der Waals surface area contributed by atoms with Crippen LogP contribution in [0.1, 0.15) is 318 Å². The van der Waals surface area contributed by atoms with Crippen LogP contribution in [0.5, 0.6) is 0 Å². The van der Waals surface area contributed by atoms with Gasteiger partial charge in [0, 0.05) is 25.7 Å². The first-order valence-corrected chi connectivity index (χ1v) is 36.9. The first-order valence-electron chi connectivity index (χ1n) is 33.9. The Morgan fingerprint density at radius 1 is 0.345 bits per heavy atom. The zero-order chi connectivity index (χ0) is 62.4. The molecule has 0 aromatic heterocycles. The summed E-state index contributed by atoms with van der Waals surface area (Å²) in [6.45, 7) is 11.7. The fourth-order valence-corrected chi connectivity index (χ4v) is 11.2. The van der Waals surface area contributed by atoms with E-state index in [4.69, 9.17) is 37.0 Å². The van der Waals surface area contributed by atoms with E-state index in [1.165, 1.54) is 116 Å². The Labute approximate surface area is 511 Å². The summed E-state index contributed by atoms with van der Waals surface area (Å²) in [5, 5.41) is 10.5. The van der Waals surface area contributed by atoms with Crippen molar-refractivity contribution < 1.29 is 80.2 Å². The molecular formula is C65H126O17P2. The van der Waals surface area contributed by atoms with Gasteiger partial charge in [-0.3, -0.25) is 37.3 Å². The molecule has 7 atom stereocenters. The number of rotatable bonds is 63. The van der Waals surface area contributed by atoms with Crippen LogP contribution < -0.4 is 0 Å². The zero-order valence-electron chi connectivity index (χ0n) is 54.4. The summed E-state index contributed by atoms with van der Waals surface area (Å²) < 4.78 is 67.8. The maximum absolute atomic E-state index is 13.0. The van der Waals surface area contributed by atoms with Crippen molar-refractivity contribution in [1.82, 2.24) is 0 Å². The van der Waals surface area contributed by atoms with Gasteiger partial charge in [-0.05, 0) is 43.4 Å². The molecule has 0 spiro atoms. The number of esters is 4. The molecule has 0 amide bonds. The molecule has 0 bridgehead atoms. The highest BCUT2D eigenvalue weighted by Crippen LogP contribution is 2.45. The van der Waals surface area contributed by atoms with Crippen LogP contribution in [-0.4, -0.2) is 96.7 Å². The topological polar surface area (TPSA) is 237 Å². The van der Waals surface area contributed by atoms with Gasteiger partial charge in [0.05, 0.1) is 26.4 Å². The molecule has 0 aromatic rings. The van der Waals surface area contributed by atoms with Gasteiger partial charge in [0.15, 0.2) is 12.2 Å². The summed E-state index contributed by atoms with van der Waals surface area (Å²) >= 11 is 0. The second-order valence-electron chi connectivity index (χ2n) is 24.5. The van der Waals surface area contributed by atoms with Crippen LogP contribution >= 0.6 is 15.6 Å². The molecular weight excluding hydrogens is 1110 g/mol. The highest BCUT2D eigenvalue weighted by atomic mass is 31.2. The Balaban J connectivity index is 5.13. The summed E-state index contributed by atoms with van der Waals surface area (Å²) in [5.74, 6) is 0.112. The summed E-state index contributed by atoms with van der Waals surface area (Å²) in [5.41, 5.74) is 0. The molecule has 0 heterocycles. The first-order chi connectivity index (χ1) is 40.3. The van der Waals surface area contributed by atoms with Crippen LogP contribution in [0.3, 0.4) is 0 Å². The standard InChI is InChI=1S/C65H126O17P2/c1-8-11-12-29-39-46-62(67)75-52-60(82-65(70)49-42-35-28-26-32-38-45-58(7)10-3)54-79-83(71,72)77-50-59(66)51-78-84(73,74)80-55-61(53-76-63(68)47-40-33-27-25-31-37-44-57(6)9-2)81-64(69)48-41-34-24-22-20-18-16-14-13-15-17-19-21-23-30-36-43-56(4)5/h56-61,66H,8-55H2,1-7H3,(H,71,72)(H,73,74)/t57?,58?,59-,60+,61+/m0/s1. The number of aliphatic hydroxyl groups excluding tert-OH is 1. The van der Waals surface area contributed by atoms with Crippen LogP contribution in [0.4, 0.5) is 0 Å². The van der Waals surface area contributed by atoms with Crippen LogP contribution in [0, 0.1) is 17.8 Å². The Hall–Kier alpha value is -1.94. The highest BCUT2D eigenvalue weighted by molar-refractivity contribution is 7.47. The van der Waals surface area contributed by atoms with Gasteiger partial charge >= 0.3 is 39.5 Å². The predicted octanol–water partition coefficient (Wildman–Crippen LogP) is 17.9. The van der Waals surface area contributed by atoms with E-state index in [0.29, 0.717) is 25.7 Å². The van der Waals surface area contributed by atoms with Crippen LogP contribution in [0.15, 0.2) is 0 Å². The Kier molecular flexibility index (Phi) is 55.0. The lowest BCUT2D eigenvalue weighted by molar-refractivity contribution is -0.161. The van der Waals surface area contributed by atoms with E-state index < -0.39 is 97.5 Å². The maximum atomic E-state index is 13.0. The van der Waals surface area contributed by atoms with E-state index in [-0.39, 0.29) is 25.7 Å². The van der Waals surface area contributed by atoms with E-state index in [1.54, 1.807) is 0 Å². The molecule has 0 rings (SSSR count). The molecule has 17 nitrogen and oxygen atoms in total. The zero-order valence-corrected chi connectivity index (χ0v) is 56.1. The molecule has 3 N–H and O–H groups in total. The number of ether oxygens (including phenoxy) is 4. The first kappa shape index (κ1) is 82.1. The van der Waals surface area contributed by atoms with Crippen molar-refractivity contribution in [3.05, 3.63) is 0 Å². The minimum absolute atomic E-state index is 0.102. The molecule has 0 fully saturated rings. The maximum Gasteiger partial charge on any atom is 0.472 e. The Morgan fingerprint density at radius 3 is 0.905 bits per heavy atom. The third kappa shape index (κ3) is 56.6. The number of phosphoric ester groups is 2. The van der Waals surface area contributed by atoms with Crippen molar-refractivity contribution in [2.24, 2.45) is 17.8 Å². The van der Waals surface area contributed by atoms with Crippen molar-refractivity contribution in [3.8, 4) is 0 Å². The minimum Gasteiger partial charge on any atom is -0.462 e. The molecule has 19 heteroatoms. The molecule has 498 valence electrons. The van der Waals surface area contributed by atoms with Gasteiger partial charge < -0.3 is 33.8 Å². The summed E-state index contributed by atoms with van der Waals surface area (Å²) in [6, 6.07) is 0. The SMILES string of the molecule is CCCCCCCC(=O)OC[C@H](COP(=O)(O)OC[C@H](O)COP(=O)(O)OC[C@@H](COC(=O)CCCCCCCCC(C)CC)OC(=O)CCCCCCCCCCCCCCCCCCC(C)C)OC(=O)CCCCCCCCC(C)CC. The van der Waals surface area contributed by atoms with Crippen molar-refractivity contribution in [2.75, 3.05) is 39.6 Å². The number of carbonyl (C=O) groups excluding carboxylic acids is 4. The molecule has 0 aliphatic rings. The van der Waals surface area contributed by atoms with Gasteiger partial charge in [0.25, 0.3) is 0 Å². The van der Waals surface area contributed by atoms with Gasteiger partial charge in [-0.15, -0.1) is 0 Å². The number of unbranched alkanes of at least 4 members (excludes halogenated alkanes) is 29. The number of hydrogen-bond acceptors (Lipinski definition) is 15. The molecule has 0 radical (unpaired) electrons. The largest absolute Gasteiger partial charge is 0.472 e. The van der Waals surface area contributed by atoms with E-state index in [1.807, 2.05) is 0 Å². The van der Waals surface area contributed by atoms with E-state index in [2.05, 4.69) is 48.5 Å².